The SMILES string of the molecule is COc1ccc(CN(C)C(=O)CC(CN)OC)cc1OC(F)F. The highest BCUT2D eigenvalue weighted by Crippen LogP contribution is 2.29. The molecule has 0 radical (unpaired) electrons. The van der Waals surface area contributed by atoms with Crippen LogP contribution < -0.4 is 15.2 Å². The van der Waals surface area contributed by atoms with E-state index in [1.807, 2.05) is 0 Å². The lowest BCUT2D eigenvalue weighted by Crippen LogP contribution is -2.33. The molecule has 0 bridgehead atoms. The molecule has 6 nitrogen and oxygen atoms in total. The Bertz CT molecular complexity index is 510. The Morgan fingerprint density at radius 3 is 2.52 bits per heavy atom. The average molecular weight is 332 g/mol. The summed E-state index contributed by atoms with van der Waals surface area (Å²) in [6.07, 6.45) is -0.196. The number of rotatable bonds is 9. The van der Waals surface area contributed by atoms with Crippen molar-refractivity contribution in [2.45, 2.75) is 25.7 Å². The summed E-state index contributed by atoms with van der Waals surface area (Å²) in [5.74, 6) is -0.0300. The fourth-order valence-electron chi connectivity index (χ4n) is 1.98. The summed E-state index contributed by atoms with van der Waals surface area (Å²) >= 11 is 0. The molecule has 0 fully saturated rings. The Kier molecular flexibility index (Phi) is 7.70. The molecule has 0 heterocycles. The molecule has 1 atom stereocenters. The van der Waals surface area contributed by atoms with Crippen LogP contribution in [0.15, 0.2) is 18.2 Å². The van der Waals surface area contributed by atoms with Crippen LogP contribution in [0, 0.1) is 0 Å². The van der Waals surface area contributed by atoms with Crippen LogP contribution >= 0.6 is 0 Å². The van der Waals surface area contributed by atoms with Gasteiger partial charge in [0.2, 0.25) is 5.91 Å². The number of nitrogens with zero attached hydrogens (tertiary/aromatic N) is 1. The molecule has 130 valence electrons. The van der Waals surface area contributed by atoms with Gasteiger partial charge in [0, 0.05) is 27.2 Å². The van der Waals surface area contributed by atoms with Crippen LogP contribution in [0.25, 0.3) is 0 Å². The minimum absolute atomic E-state index is 0.0717. The van der Waals surface area contributed by atoms with Gasteiger partial charge >= 0.3 is 6.61 Å². The molecule has 1 amide bonds. The van der Waals surface area contributed by atoms with Crippen molar-refractivity contribution >= 4 is 5.91 Å². The highest BCUT2D eigenvalue weighted by atomic mass is 19.3. The van der Waals surface area contributed by atoms with Gasteiger partial charge in [0.15, 0.2) is 11.5 Å². The number of alkyl halides is 2. The summed E-state index contributed by atoms with van der Waals surface area (Å²) in [7, 11) is 4.46. The first-order chi connectivity index (χ1) is 10.9. The van der Waals surface area contributed by atoms with Gasteiger partial charge in [-0.1, -0.05) is 6.07 Å². The van der Waals surface area contributed by atoms with Crippen molar-refractivity contribution < 1.29 is 27.8 Å². The van der Waals surface area contributed by atoms with Gasteiger partial charge in [0.1, 0.15) is 0 Å². The van der Waals surface area contributed by atoms with E-state index in [9.17, 15) is 13.6 Å². The first-order valence-corrected chi connectivity index (χ1v) is 6.99. The van der Waals surface area contributed by atoms with Gasteiger partial charge in [-0.3, -0.25) is 4.79 Å². The lowest BCUT2D eigenvalue weighted by atomic mass is 10.1. The first-order valence-electron chi connectivity index (χ1n) is 6.99. The van der Waals surface area contributed by atoms with E-state index in [2.05, 4.69) is 4.74 Å². The Hall–Kier alpha value is -1.93. The van der Waals surface area contributed by atoms with E-state index >= 15 is 0 Å². The summed E-state index contributed by atoms with van der Waals surface area (Å²) < 4.78 is 39.3. The molecule has 1 unspecified atom stereocenters. The smallest absolute Gasteiger partial charge is 0.387 e. The average Bonchev–Trinajstić information content (AvgIpc) is 2.52. The zero-order chi connectivity index (χ0) is 17.4. The molecule has 2 N–H and O–H groups in total. The summed E-state index contributed by atoms with van der Waals surface area (Å²) in [6, 6.07) is 4.62. The normalized spacial score (nSPS) is 12.1. The van der Waals surface area contributed by atoms with Crippen molar-refractivity contribution in [3.63, 3.8) is 0 Å². The number of benzene rings is 1. The molecule has 0 spiro atoms. The zero-order valence-corrected chi connectivity index (χ0v) is 13.4. The Labute approximate surface area is 134 Å². The zero-order valence-electron chi connectivity index (χ0n) is 13.4. The number of hydrogen-bond acceptors (Lipinski definition) is 5. The molecule has 0 saturated heterocycles. The van der Waals surface area contributed by atoms with Crippen molar-refractivity contribution in [1.29, 1.82) is 0 Å². The second-order valence-electron chi connectivity index (χ2n) is 4.91. The van der Waals surface area contributed by atoms with E-state index in [0.717, 1.165) is 0 Å². The summed E-state index contributed by atoms with van der Waals surface area (Å²) in [5.41, 5.74) is 6.12. The molecule has 1 aromatic carbocycles. The fourth-order valence-corrected chi connectivity index (χ4v) is 1.98. The maximum absolute atomic E-state index is 12.4. The maximum Gasteiger partial charge on any atom is 0.387 e. The topological polar surface area (TPSA) is 74.0 Å². The lowest BCUT2D eigenvalue weighted by molar-refractivity contribution is -0.132. The molecule has 1 rings (SSSR count). The van der Waals surface area contributed by atoms with Crippen molar-refractivity contribution in [2.24, 2.45) is 5.73 Å². The van der Waals surface area contributed by atoms with Crippen LogP contribution in [0.5, 0.6) is 11.5 Å². The number of halogens is 2. The molecule has 23 heavy (non-hydrogen) atoms. The summed E-state index contributed by atoms with van der Waals surface area (Å²) in [4.78, 5) is 13.5. The highest BCUT2D eigenvalue weighted by molar-refractivity contribution is 5.76. The maximum atomic E-state index is 12.4. The molecule has 0 aromatic heterocycles. The molecule has 1 aromatic rings. The van der Waals surface area contributed by atoms with E-state index in [1.165, 1.54) is 31.3 Å². The third kappa shape index (κ3) is 5.99. The van der Waals surface area contributed by atoms with Crippen molar-refractivity contribution in [1.82, 2.24) is 4.90 Å². The van der Waals surface area contributed by atoms with E-state index < -0.39 is 6.61 Å². The van der Waals surface area contributed by atoms with Crippen LogP contribution in [0.3, 0.4) is 0 Å². The van der Waals surface area contributed by atoms with Gasteiger partial charge < -0.3 is 24.8 Å². The predicted octanol–water partition coefficient (Wildman–Crippen LogP) is 1.62. The largest absolute Gasteiger partial charge is 0.493 e. The predicted molar refractivity (Wildman–Crippen MR) is 80.6 cm³/mol. The standard InChI is InChI=1S/C15H22F2N2O4/c1-19(14(20)7-11(8-18)21-2)9-10-4-5-12(22-3)13(6-10)23-15(16)17/h4-6,11,15H,7-9,18H2,1-3H3. The van der Waals surface area contributed by atoms with E-state index in [1.54, 1.807) is 13.1 Å². The van der Waals surface area contributed by atoms with Crippen molar-refractivity contribution in [3.8, 4) is 11.5 Å². The van der Waals surface area contributed by atoms with Gasteiger partial charge in [0.25, 0.3) is 0 Å². The summed E-state index contributed by atoms with van der Waals surface area (Å²) in [6.45, 7) is -2.47. The van der Waals surface area contributed by atoms with Crippen LogP contribution in [-0.4, -0.2) is 51.3 Å². The fraction of sp³-hybridized carbons (Fsp3) is 0.533. The second kappa shape index (κ2) is 9.26. The molecule has 0 aliphatic carbocycles. The number of nitrogens with two attached hydrogens (primary N) is 1. The highest BCUT2D eigenvalue weighted by Gasteiger charge is 2.17. The summed E-state index contributed by atoms with van der Waals surface area (Å²) in [5, 5.41) is 0. The third-order valence-corrected chi connectivity index (χ3v) is 3.29. The number of methoxy groups -OCH3 is 2. The van der Waals surface area contributed by atoms with Crippen LogP contribution in [0.4, 0.5) is 8.78 Å². The number of hydrogen-bond donors (Lipinski definition) is 1. The molecule has 0 aliphatic heterocycles. The quantitative estimate of drug-likeness (QED) is 0.744. The van der Waals surface area contributed by atoms with Gasteiger partial charge in [0.05, 0.1) is 19.6 Å². The number of ether oxygens (including phenoxy) is 3. The van der Waals surface area contributed by atoms with E-state index in [0.29, 0.717) is 5.56 Å². The minimum atomic E-state index is -2.95. The third-order valence-electron chi connectivity index (χ3n) is 3.29. The van der Waals surface area contributed by atoms with Gasteiger partial charge in [-0.05, 0) is 17.7 Å². The number of carbonyl (C=O) groups excluding carboxylic acids is 1. The Balaban J connectivity index is 2.77. The van der Waals surface area contributed by atoms with Crippen LogP contribution in [0.1, 0.15) is 12.0 Å². The van der Waals surface area contributed by atoms with E-state index in [4.69, 9.17) is 15.2 Å². The molecule has 0 aliphatic rings. The molecular weight excluding hydrogens is 310 g/mol. The van der Waals surface area contributed by atoms with Crippen molar-refractivity contribution in [2.75, 3.05) is 27.8 Å². The first kappa shape index (κ1) is 19.1. The molecular formula is C15H22F2N2O4. The van der Waals surface area contributed by atoms with Crippen LogP contribution in [-0.2, 0) is 16.1 Å². The number of amides is 1. The van der Waals surface area contributed by atoms with Gasteiger partial charge in [-0.15, -0.1) is 0 Å². The van der Waals surface area contributed by atoms with Crippen LogP contribution in [0.2, 0.25) is 0 Å². The minimum Gasteiger partial charge on any atom is -0.493 e. The second-order valence-corrected chi connectivity index (χ2v) is 4.91. The monoisotopic (exact) mass is 332 g/mol. The molecule has 0 saturated carbocycles. The lowest BCUT2D eigenvalue weighted by Gasteiger charge is -2.21. The van der Waals surface area contributed by atoms with Gasteiger partial charge in [-0.25, -0.2) is 0 Å². The van der Waals surface area contributed by atoms with Crippen molar-refractivity contribution in [3.05, 3.63) is 23.8 Å². The van der Waals surface area contributed by atoms with E-state index in [-0.39, 0.29) is 43.0 Å². The Morgan fingerprint density at radius 2 is 2.00 bits per heavy atom. The number of carbonyl (C=O) groups is 1. The molecule has 8 heteroatoms. The van der Waals surface area contributed by atoms with Gasteiger partial charge in [-0.2, -0.15) is 8.78 Å². The Morgan fingerprint density at radius 1 is 1.30 bits per heavy atom.